The summed E-state index contributed by atoms with van der Waals surface area (Å²) in [6.45, 7) is 1.43. The highest BCUT2D eigenvalue weighted by Crippen LogP contribution is 2.16. The Kier molecular flexibility index (Phi) is 4.97. The van der Waals surface area contributed by atoms with E-state index in [4.69, 9.17) is 16.7 Å². The minimum Gasteiger partial charge on any atom is -0.480 e. The van der Waals surface area contributed by atoms with E-state index in [2.05, 4.69) is 5.32 Å². The van der Waals surface area contributed by atoms with Crippen molar-refractivity contribution < 1.29 is 14.7 Å². The highest BCUT2D eigenvalue weighted by molar-refractivity contribution is 6.31. The van der Waals surface area contributed by atoms with Crippen molar-refractivity contribution >= 4 is 23.5 Å². The first-order valence-electron chi connectivity index (χ1n) is 5.26. The second-order valence-electron chi connectivity index (χ2n) is 3.72. The molecule has 1 aromatic rings. The molecule has 92 valence electrons. The summed E-state index contributed by atoms with van der Waals surface area (Å²) in [6.07, 6.45) is 0.721. The Morgan fingerprint density at radius 3 is 2.65 bits per heavy atom. The summed E-state index contributed by atoms with van der Waals surface area (Å²) in [6, 6.07) is 6.40. The molecule has 1 atom stereocenters. The standard InChI is InChI=1S/C12H14ClNO3/c1-8(12(16)17)14-11(15)7-6-9-4-2-3-5-10(9)13/h2-5,8H,6-7H2,1H3,(H,14,15)(H,16,17)/t8-/m0/s1. The van der Waals surface area contributed by atoms with Crippen LogP contribution in [0.25, 0.3) is 0 Å². The molecule has 5 heteroatoms. The number of halogens is 1. The number of hydrogen-bond acceptors (Lipinski definition) is 2. The topological polar surface area (TPSA) is 66.4 Å². The lowest BCUT2D eigenvalue weighted by Crippen LogP contribution is -2.38. The van der Waals surface area contributed by atoms with Crippen molar-refractivity contribution in [3.8, 4) is 0 Å². The third-order valence-electron chi connectivity index (χ3n) is 2.33. The van der Waals surface area contributed by atoms with Gasteiger partial charge in [-0.15, -0.1) is 0 Å². The van der Waals surface area contributed by atoms with E-state index in [1.54, 1.807) is 6.07 Å². The van der Waals surface area contributed by atoms with Gasteiger partial charge in [0.25, 0.3) is 0 Å². The number of aliphatic carboxylic acids is 1. The van der Waals surface area contributed by atoms with Crippen LogP contribution in [0.2, 0.25) is 5.02 Å². The molecule has 1 amide bonds. The van der Waals surface area contributed by atoms with Crippen LogP contribution in [0.5, 0.6) is 0 Å². The van der Waals surface area contributed by atoms with E-state index in [0.29, 0.717) is 11.4 Å². The molecule has 0 heterocycles. The largest absolute Gasteiger partial charge is 0.480 e. The van der Waals surface area contributed by atoms with Gasteiger partial charge in [0.2, 0.25) is 5.91 Å². The molecule has 0 spiro atoms. The summed E-state index contributed by atoms with van der Waals surface area (Å²) in [5, 5.41) is 11.6. The molecule has 1 aromatic carbocycles. The quantitative estimate of drug-likeness (QED) is 0.844. The molecule has 0 saturated carbocycles. The van der Waals surface area contributed by atoms with Gasteiger partial charge < -0.3 is 10.4 Å². The normalized spacial score (nSPS) is 11.9. The first kappa shape index (κ1) is 13.5. The number of carboxylic acids is 1. The van der Waals surface area contributed by atoms with Gasteiger partial charge in [-0.1, -0.05) is 29.8 Å². The van der Waals surface area contributed by atoms with Crippen molar-refractivity contribution in [3.05, 3.63) is 34.9 Å². The summed E-state index contributed by atoms with van der Waals surface area (Å²) in [5.74, 6) is -1.34. The van der Waals surface area contributed by atoms with Crippen molar-refractivity contribution in [1.82, 2.24) is 5.32 Å². The fourth-order valence-corrected chi connectivity index (χ4v) is 1.55. The predicted molar refractivity (Wildman–Crippen MR) is 65.0 cm³/mol. The Balaban J connectivity index is 2.44. The van der Waals surface area contributed by atoms with Crippen molar-refractivity contribution in [2.24, 2.45) is 0 Å². The van der Waals surface area contributed by atoms with Gasteiger partial charge in [-0.05, 0) is 25.0 Å². The highest BCUT2D eigenvalue weighted by atomic mass is 35.5. The highest BCUT2D eigenvalue weighted by Gasteiger charge is 2.13. The molecule has 0 unspecified atom stereocenters. The van der Waals surface area contributed by atoms with Crippen LogP contribution in [0.1, 0.15) is 18.9 Å². The molecule has 0 radical (unpaired) electrons. The van der Waals surface area contributed by atoms with Crippen molar-refractivity contribution in [3.63, 3.8) is 0 Å². The van der Waals surface area contributed by atoms with Gasteiger partial charge in [0.1, 0.15) is 6.04 Å². The summed E-state index contributed by atoms with van der Waals surface area (Å²) < 4.78 is 0. The fourth-order valence-electron chi connectivity index (χ4n) is 1.32. The fraction of sp³-hybridized carbons (Fsp3) is 0.333. The minimum absolute atomic E-state index is 0.224. The van der Waals surface area contributed by atoms with Gasteiger partial charge in [0.05, 0.1) is 0 Å². The molecule has 4 nitrogen and oxygen atoms in total. The maximum absolute atomic E-state index is 11.4. The number of carboxylic acid groups (broad SMARTS) is 1. The Morgan fingerprint density at radius 2 is 2.06 bits per heavy atom. The predicted octanol–water partition coefficient (Wildman–Crippen LogP) is 1.86. The Bertz CT molecular complexity index is 420. The first-order chi connectivity index (χ1) is 8.00. The summed E-state index contributed by atoms with van der Waals surface area (Å²) in [4.78, 5) is 22.0. The second-order valence-corrected chi connectivity index (χ2v) is 4.13. The SMILES string of the molecule is C[C@H](NC(=O)CCc1ccccc1Cl)C(=O)O. The molecule has 0 aliphatic rings. The smallest absolute Gasteiger partial charge is 0.325 e. The molecule has 0 aliphatic heterocycles. The summed E-state index contributed by atoms with van der Waals surface area (Å²) in [5.41, 5.74) is 0.882. The third kappa shape index (κ3) is 4.44. The molecule has 0 bridgehead atoms. The first-order valence-corrected chi connectivity index (χ1v) is 5.64. The molecular formula is C12H14ClNO3. The second kappa shape index (κ2) is 6.25. The van der Waals surface area contributed by atoms with E-state index in [9.17, 15) is 9.59 Å². The van der Waals surface area contributed by atoms with Crippen molar-refractivity contribution in [1.29, 1.82) is 0 Å². The molecule has 0 aromatic heterocycles. The Labute approximate surface area is 105 Å². The van der Waals surface area contributed by atoms with Crippen LogP contribution in [0.15, 0.2) is 24.3 Å². The zero-order valence-electron chi connectivity index (χ0n) is 9.44. The van der Waals surface area contributed by atoms with Gasteiger partial charge in [-0.3, -0.25) is 9.59 Å². The summed E-state index contributed by atoms with van der Waals surface area (Å²) >= 11 is 5.94. The zero-order valence-corrected chi connectivity index (χ0v) is 10.2. The number of aryl methyl sites for hydroxylation is 1. The van der Waals surface area contributed by atoms with Gasteiger partial charge in [-0.2, -0.15) is 0 Å². The minimum atomic E-state index is -1.05. The Morgan fingerprint density at radius 1 is 1.41 bits per heavy atom. The number of carbonyl (C=O) groups is 2. The number of rotatable bonds is 5. The molecule has 2 N–H and O–H groups in total. The molecule has 0 fully saturated rings. The van der Waals surface area contributed by atoms with Crippen LogP contribution in [0, 0.1) is 0 Å². The van der Waals surface area contributed by atoms with E-state index < -0.39 is 12.0 Å². The van der Waals surface area contributed by atoms with E-state index >= 15 is 0 Å². The molecule has 1 rings (SSSR count). The van der Waals surface area contributed by atoms with Crippen LogP contribution in [-0.2, 0) is 16.0 Å². The average Bonchev–Trinajstić information content (AvgIpc) is 2.27. The lowest BCUT2D eigenvalue weighted by molar-refractivity contribution is -0.141. The van der Waals surface area contributed by atoms with Crippen LogP contribution in [0.3, 0.4) is 0 Å². The maximum Gasteiger partial charge on any atom is 0.325 e. The van der Waals surface area contributed by atoms with E-state index in [0.717, 1.165) is 5.56 Å². The molecule has 0 saturated heterocycles. The van der Waals surface area contributed by atoms with E-state index in [-0.39, 0.29) is 12.3 Å². The third-order valence-corrected chi connectivity index (χ3v) is 2.70. The monoisotopic (exact) mass is 255 g/mol. The zero-order chi connectivity index (χ0) is 12.8. The van der Waals surface area contributed by atoms with Crippen molar-refractivity contribution in [2.75, 3.05) is 0 Å². The van der Waals surface area contributed by atoms with Crippen LogP contribution in [-0.4, -0.2) is 23.0 Å². The lowest BCUT2D eigenvalue weighted by atomic mass is 10.1. The van der Waals surface area contributed by atoms with Gasteiger partial charge in [0.15, 0.2) is 0 Å². The van der Waals surface area contributed by atoms with E-state index in [1.807, 2.05) is 18.2 Å². The van der Waals surface area contributed by atoms with Crippen molar-refractivity contribution in [2.45, 2.75) is 25.8 Å². The van der Waals surface area contributed by atoms with E-state index in [1.165, 1.54) is 6.92 Å². The molecule has 17 heavy (non-hydrogen) atoms. The Hall–Kier alpha value is -1.55. The number of hydrogen-bond donors (Lipinski definition) is 2. The van der Waals surface area contributed by atoms with Gasteiger partial charge in [-0.25, -0.2) is 0 Å². The maximum atomic E-state index is 11.4. The van der Waals surface area contributed by atoms with Crippen LogP contribution in [0.4, 0.5) is 0 Å². The summed E-state index contributed by atoms with van der Waals surface area (Å²) in [7, 11) is 0. The number of nitrogens with one attached hydrogen (secondary N) is 1. The molecule has 0 aliphatic carbocycles. The number of amides is 1. The number of benzene rings is 1. The lowest BCUT2D eigenvalue weighted by Gasteiger charge is -2.09. The van der Waals surface area contributed by atoms with Crippen LogP contribution < -0.4 is 5.32 Å². The van der Waals surface area contributed by atoms with Gasteiger partial charge >= 0.3 is 5.97 Å². The van der Waals surface area contributed by atoms with Gasteiger partial charge in [0, 0.05) is 11.4 Å². The number of carbonyl (C=O) groups excluding carboxylic acids is 1. The molecular weight excluding hydrogens is 242 g/mol. The average molecular weight is 256 g/mol. The van der Waals surface area contributed by atoms with Crippen LogP contribution >= 0.6 is 11.6 Å².